The molecular formula is C19H19FN2. The largest absolute Gasteiger partial charge is 0.256 e. The molecule has 0 saturated heterocycles. The lowest BCUT2D eigenvalue weighted by Crippen LogP contribution is -2.42. The maximum Gasteiger partial charge on any atom is 0.123 e. The summed E-state index contributed by atoms with van der Waals surface area (Å²) >= 11 is 0. The van der Waals surface area contributed by atoms with Crippen molar-refractivity contribution in [3.8, 4) is 6.07 Å². The Morgan fingerprint density at radius 1 is 1.14 bits per heavy atom. The Bertz CT molecular complexity index is 754. The molecule has 0 bridgehead atoms. The van der Waals surface area contributed by atoms with Crippen molar-refractivity contribution in [2.75, 3.05) is 0 Å². The minimum atomic E-state index is -0.197. The topological polar surface area (TPSA) is 36.7 Å². The Balaban J connectivity index is 1.62. The minimum Gasteiger partial charge on any atom is -0.256 e. The SMILES string of the molecule is N#CC1CCC12CCC(c1ccnc3ccc(F)cc13)CC2. The van der Waals surface area contributed by atoms with Crippen LogP contribution < -0.4 is 0 Å². The number of fused-ring (bicyclic) bond motifs is 1. The van der Waals surface area contributed by atoms with Crippen LogP contribution in [0.25, 0.3) is 10.9 Å². The van der Waals surface area contributed by atoms with Crippen molar-refractivity contribution < 1.29 is 4.39 Å². The van der Waals surface area contributed by atoms with Gasteiger partial charge in [0.25, 0.3) is 0 Å². The maximum absolute atomic E-state index is 13.6. The molecule has 2 saturated carbocycles. The number of nitrogens with zero attached hydrogens (tertiary/aromatic N) is 2. The summed E-state index contributed by atoms with van der Waals surface area (Å²) in [5, 5.41) is 10.2. The lowest BCUT2D eigenvalue weighted by molar-refractivity contribution is 0.0200. The molecule has 1 spiro atoms. The van der Waals surface area contributed by atoms with Gasteiger partial charge in [0, 0.05) is 11.6 Å². The lowest BCUT2D eigenvalue weighted by Gasteiger charge is -2.50. The van der Waals surface area contributed by atoms with Crippen LogP contribution in [-0.4, -0.2) is 4.98 Å². The summed E-state index contributed by atoms with van der Waals surface area (Å²) in [6, 6.07) is 9.39. The highest BCUT2D eigenvalue weighted by atomic mass is 19.1. The molecule has 2 nitrogen and oxygen atoms in total. The van der Waals surface area contributed by atoms with E-state index in [1.54, 1.807) is 12.1 Å². The molecule has 2 aliphatic carbocycles. The van der Waals surface area contributed by atoms with Crippen molar-refractivity contribution >= 4 is 10.9 Å². The summed E-state index contributed by atoms with van der Waals surface area (Å²) in [4.78, 5) is 4.35. The molecule has 1 heterocycles. The van der Waals surface area contributed by atoms with E-state index in [1.165, 1.54) is 18.1 Å². The van der Waals surface area contributed by atoms with Crippen LogP contribution >= 0.6 is 0 Å². The molecule has 2 aliphatic rings. The van der Waals surface area contributed by atoms with Gasteiger partial charge in [-0.05, 0) is 79.7 Å². The van der Waals surface area contributed by atoms with Crippen molar-refractivity contribution in [1.29, 1.82) is 5.26 Å². The van der Waals surface area contributed by atoms with Crippen LogP contribution in [0.3, 0.4) is 0 Å². The molecule has 3 heteroatoms. The smallest absolute Gasteiger partial charge is 0.123 e. The molecule has 1 unspecified atom stereocenters. The number of nitriles is 1. The first kappa shape index (κ1) is 13.7. The molecular weight excluding hydrogens is 275 g/mol. The highest BCUT2D eigenvalue weighted by Crippen LogP contribution is 2.58. The van der Waals surface area contributed by atoms with E-state index in [0.717, 1.165) is 43.0 Å². The van der Waals surface area contributed by atoms with Crippen LogP contribution in [0, 0.1) is 28.5 Å². The number of benzene rings is 1. The summed E-state index contributed by atoms with van der Waals surface area (Å²) in [7, 11) is 0. The molecule has 0 amide bonds. The van der Waals surface area contributed by atoms with Crippen molar-refractivity contribution in [3.05, 3.63) is 41.8 Å². The van der Waals surface area contributed by atoms with Gasteiger partial charge in [-0.1, -0.05) is 0 Å². The van der Waals surface area contributed by atoms with Crippen molar-refractivity contribution in [3.63, 3.8) is 0 Å². The van der Waals surface area contributed by atoms with E-state index in [1.807, 2.05) is 12.3 Å². The third kappa shape index (κ3) is 2.01. The number of halogens is 1. The van der Waals surface area contributed by atoms with Gasteiger partial charge in [0.15, 0.2) is 0 Å². The predicted octanol–water partition coefficient (Wildman–Crippen LogP) is 4.95. The van der Waals surface area contributed by atoms with Crippen molar-refractivity contribution in [1.82, 2.24) is 4.98 Å². The Morgan fingerprint density at radius 2 is 1.91 bits per heavy atom. The molecule has 1 aromatic carbocycles. The van der Waals surface area contributed by atoms with Gasteiger partial charge in [-0.2, -0.15) is 5.26 Å². The van der Waals surface area contributed by atoms with Crippen LogP contribution in [0.1, 0.15) is 50.0 Å². The second-order valence-corrected chi connectivity index (χ2v) is 6.92. The first-order valence-corrected chi connectivity index (χ1v) is 8.16. The molecule has 1 atom stereocenters. The monoisotopic (exact) mass is 294 g/mol. The number of aromatic nitrogens is 1. The van der Waals surface area contributed by atoms with Crippen LogP contribution in [0.15, 0.2) is 30.5 Å². The average molecular weight is 294 g/mol. The number of pyridine rings is 1. The summed E-state index contributed by atoms with van der Waals surface area (Å²) in [5.41, 5.74) is 2.39. The van der Waals surface area contributed by atoms with Gasteiger partial charge in [0.1, 0.15) is 5.82 Å². The zero-order chi connectivity index (χ0) is 15.2. The predicted molar refractivity (Wildman–Crippen MR) is 83.7 cm³/mol. The molecule has 0 N–H and O–H groups in total. The Labute approximate surface area is 130 Å². The second-order valence-electron chi connectivity index (χ2n) is 6.92. The summed E-state index contributed by atoms with van der Waals surface area (Å²) in [6.07, 6.45) is 8.60. The normalized spacial score (nSPS) is 30.9. The summed E-state index contributed by atoms with van der Waals surface area (Å²) < 4.78 is 13.6. The first-order valence-electron chi connectivity index (χ1n) is 8.16. The molecule has 0 radical (unpaired) electrons. The van der Waals surface area contributed by atoms with E-state index in [2.05, 4.69) is 11.1 Å². The van der Waals surface area contributed by atoms with Gasteiger partial charge in [-0.15, -0.1) is 0 Å². The van der Waals surface area contributed by atoms with Crippen molar-refractivity contribution in [2.45, 2.75) is 44.4 Å². The van der Waals surface area contributed by atoms with Crippen LogP contribution in [-0.2, 0) is 0 Å². The number of hydrogen-bond donors (Lipinski definition) is 0. The highest BCUT2D eigenvalue weighted by molar-refractivity contribution is 5.82. The van der Waals surface area contributed by atoms with E-state index in [0.29, 0.717) is 11.3 Å². The second kappa shape index (κ2) is 5.05. The fourth-order valence-electron chi connectivity index (χ4n) is 4.50. The first-order chi connectivity index (χ1) is 10.7. The molecule has 0 aliphatic heterocycles. The third-order valence-electron chi connectivity index (χ3n) is 5.98. The van der Waals surface area contributed by atoms with Crippen LogP contribution in [0.2, 0.25) is 0 Å². The van der Waals surface area contributed by atoms with Crippen LogP contribution in [0.4, 0.5) is 4.39 Å². The molecule has 1 aromatic heterocycles. The van der Waals surface area contributed by atoms with Gasteiger partial charge >= 0.3 is 0 Å². The van der Waals surface area contributed by atoms with E-state index >= 15 is 0 Å². The van der Waals surface area contributed by atoms with E-state index in [9.17, 15) is 9.65 Å². The standard InChI is InChI=1S/C19H19FN2/c20-15-1-2-18-17(11-15)16(6-10-22-18)13-3-7-19(8-4-13)9-5-14(19)12-21/h1-2,6,10-11,13-14H,3-5,7-9H2. The number of hydrogen-bond acceptors (Lipinski definition) is 2. The van der Waals surface area contributed by atoms with Crippen LogP contribution in [0.5, 0.6) is 0 Å². The van der Waals surface area contributed by atoms with Gasteiger partial charge in [0.05, 0.1) is 17.5 Å². The summed E-state index contributed by atoms with van der Waals surface area (Å²) in [5.74, 6) is 0.538. The van der Waals surface area contributed by atoms with Gasteiger partial charge < -0.3 is 0 Å². The Morgan fingerprint density at radius 3 is 2.59 bits per heavy atom. The zero-order valence-corrected chi connectivity index (χ0v) is 12.6. The lowest BCUT2D eigenvalue weighted by atomic mass is 9.53. The molecule has 2 fully saturated rings. The highest BCUT2D eigenvalue weighted by Gasteiger charge is 2.48. The maximum atomic E-state index is 13.6. The average Bonchev–Trinajstić information content (AvgIpc) is 2.54. The molecule has 112 valence electrons. The summed E-state index contributed by atoms with van der Waals surface area (Å²) in [6.45, 7) is 0. The third-order valence-corrected chi connectivity index (χ3v) is 5.98. The molecule has 22 heavy (non-hydrogen) atoms. The Kier molecular flexibility index (Phi) is 3.14. The fourth-order valence-corrected chi connectivity index (χ4v) is 4.50. The van der Waals surface area contributed by atoms with Gasteiger partial charge in [0.2, 0.25) is 0 Å². The Hall–Kier alpha value is -1.95. The van der Waals surface area contributed by atoms with Gasteiger partial charge in [-0.25, -0.2) is 4.39 Å². The van der Waals surface area contributed by atoms with E-state index < -0.39 is 0 Å². The minimum absolute atomic E-state index is 0.197. The van der Waals surface area contributed by atoms with E-state index in [4.69, 9.17) is 0 Å². The van der Waals surface area contributed by atoms with Gasteiger partial charge in [-0.3, -0.25) is 4.98 Å². The molecule has 4 rings (SSSR count). The quantitative estimate of drug-likeness (QED) is 0.746. The molecule has 2 aromatic rings. The fraction of sp³-hybridized carbons (Fsp3) is 0.474. The van der Waals surface area contributed by atoms with Crippen molar-refractivity contribution in [2.24, 2.45) is 11.3 Å². The number of rotatable bonds is 1. The zero-order valence-electron chi connectivity index (χ0n) is 12.6. The van der Waals surface area contributed by atoms with E-state index in [-0.39, 0.29) is 11.7 Å².